The highest BCUT2D eigenvalue weighted by atomic mass is 35.5. The van der Waals surface area contributed by atoms with Gasteiger partial charge in [0.2, 0.25) is 0 Å². The van der Waals surface area contributed by atoms with E-state index in [1.165, 1.54) is 0 Å². The normalized spacial score (nSPS) is 14.2. The summed E-state index contributed by atoms with van der Waals surface area (Å²) in [6, 6.07) is 9.02. The van der Waals surface area contributed by atoms with Crippen LogP contribution in [-0.4, -0.2) is 6.04 Å². The van der Waals surface area contributed by atoms with E-state index in [2.05, 4.69) is 0 Å². The fraction of sp³-hybridized carbons (Fsp3) is 0.286. The van der Waals surface area contributed by atoms with E-state index < -0.39 is 0 Å². The number of nitrogens with two attached hydrogens (primary N) is 1. The Morgan fingerprint density at radius 3 is 2.72 bits per heavy atom. The van der Waals surface area contributed by atoms with E-state index in [4.69, 9.17) is 26.5 Å². The Morgan fingerprint density at radius 1 is 1.33 bits per heavy atom. The standard InChI is InChI=1S/C14H16ClNO2/c1-9-5-6-11(15)8-13(9)18-14(10(2)16)12-4-3-7-17-12/h3-8,10,14H,16H2,1-2H3. The lowest BCUT2D eigenvalue weighted by Gasteiger charge is -2.21. The van der Waals surface area contributed by atoms with Crippen LogP contribution in [-0.2, 0) is 0 Å². The van der Waals surface area contributed by atoms with Gasteiger partial charge in [0.25, 0.3) is 0 Å². The minimum atomic E-state index is -0.322. The van der Waals surface area contributed by atoms with Gasteiger partial charge in [-0.25, -0.2) is 0 Å². The first-order chi connectivity index (χ1) is 8.58. The molecule has 0 aliphatic carbocycles. The molecule has 0 fully saturated rings. The molecule has 0 saturated carbocycles. The topological polar surface area (TPSA) is 48.4 Å². The quantitative estimate of drug-likeness (QED) is 0.917. The van der Waals surface area contributed by atoms with Crippen molar-refractivity contribution < 1.29 is 9.15 Å². The molecule has 3 nitrogen and oxygen atoms in total. The van der Waals surface area contributed by atoms with Gasteiger partial charge in [-0.2, -0.15) is 0 Å². The van der Waals surface area contributed by atoms with Gasteiger partial charge in [-0.3, -0.25) is 0 Å². The van der Waals surface area contributed by atoms with Crippen molar-refractivity contribution in [2.75, 3.05) is 0 Å². The maximum atomic E-state index is 5.97. The van der Waals surface area contributed by atoms with Crippen LogP contribution in [0, 0.1) is 6.92 Å². The average molecular weight is 266 g/mol. The average Bonchev–Trinajstić information content (AvgIpc) is 2.83. The van der Waals surface area contributed by atoms with E-state index in [1.807, 2.05) is 38.1 Å². The number of hydrogen-bond donors (Lipinski definition) is 1. The third-order valence-corrected chi connectivity index (χ3v) is 2.94. The summed E-state index contributed by atoms with van der Waals surface area (Å²) in [5, 5.41) is 0.637. The maximum Gasteiger partial charge on any atom is 0.171 e. The largest absolute Gasteiger partial charge is 0.481 e. The molecule has 2 N–H and O–H groups in total. The summed E-state index contributed by atoms with van der Waals surface area (Å²) in [5.74, 6) is 1.44. The summed E-state index contributed by atoms with van der Waals surface area (Å²) in [5.41, 5.74) is 6.96. The zero-order valence-corrected chi connectivity index (χ0v) is 11.1. The first kappa shape index (κ1) is 13.0. The molecule has 2 unspecified atom stereocenters. The van der Waals surface area contributed by atoms with Crippen LogP contribution in [0.4, 0.5) is 0 Å². The second-order valence-corrected chi connectivity index (χ2v) is 4.76. The Labute approximate surface area is 111 Å². The second kappa shape index (κ2) is 5.46. The first-order valence-electron chi connectivity index (χ1n) is 5.79. The van der Waals surface area contributed by atoms with Crippen LogP contribution < -0.4 is 10.5 Å². The molecule has 0 radical (unpaired) electrons. The molecule has 2 atom stereocenters. The van der Waals surface area contributed by atoms with Gasteiger partial charge in [-0.05, 0) is 43.7 Å². The predicted molar refractivity (Wildman–Crippen MR) is 71.9 cm³/mol. The van der Waals surface area contributed by atoms with Crippen molar-refractivity contribution in [3.63, 3.8) is 0 Å². The molecule has 0 spiro atoms. The lowest BCUT2D eigenvalue weighted by atomic mass is 10.1. The molecule has 0 saturated heterocycles. The Bertz CT molecular complexity index is 509. The molecule has 2 rings (SSSR count). The van der Waals surface area contributed by atoms with Crippen molar-refractivity contribution in [3.8, 4) is 5.75 Å². The highest BCUT2D eigenvalue weighted by Gasteiger charge is 2.21. The fourth-order valence-corrected chi connectivity index (χ4v) is 1.88. The molecule has 18 heavy (non-hydrogen) atoms. The lowest BCUT2D eigenvalue weighted by Crippen LogP contribution is -2.28. The van der Waals surface area contributed by atoms with Gasteiger partial charge in [0.05, 0.1) is 6.26 Å². The van der Waals surface area contributed by atoms with Crippen molar-refractivity contribution in [2.45, 2.75) is 26.0 Å². The lowest BCUT2D eigenvalue weighted by molar-refractivity contribution is 0.152. The Kier molecular flexibility index (Phi) is 3.94. The zero-order chi connectivity index (χ0) is 13.1. The van der Waals surface area contributed by atoms with Crippen LogP contribution >= 0.6 is 11.6 Å². The molecular weight excluding hydrogens is 250 g/mol. The monoisotopic (exact) mass is 265 g/mol. The minimum Gasteiger partial charge on any atom is -0.481 e. The Morgan fingerprint density at radius 2 is 2.11 bits per heavy atom. The van der Waals surface area contributed by atoms with Gasteiger partial charge in [0.1, 0.15) is 11.5 Å². The van der Waals surface area contributed by atoms with Gasteiger partial charge >= 0.3 is 0 Å². The van der Waals surface area contributed by atoms with Gasteiger partial charge in [-0.15, -0.1) is 0 Å². The number of aryl methyl sites for hydroxylation is 1. The SMILES string of the molecule is Cc1ccc(Cl)cc1OC(c1ccco1)C(C)N. The van der Waals surface area contributed by atoms with Crippen molar-refractivity contribution >= 4 is 11.6 Å². The molecule has 1 aromatic heterocycles. The summed E-state index contributed by atoms with van der Waals surface area (Å²) in [4.78, 5) is 0. The minimum absolute atomic E-state index is 0.186. The summed E-state index contributed by atoms with van der Waals surface area (Å²) in [6.07, 6.45) is 1.29. The van der Waals surface area contributed by atoms with Crippen LogP contribution in [0.25, 0.3) is 0 Å². The fourth-order valence-electron chi connectivity index (χ4n) is 1.72. The first-order valence-corrected chi connectivity index (χ1v) is 6.17. The molecule has 2 aromatic rings. The van der Waals surface area contributed by atoms with E-state index in [0.29, 0.717) is 10.8 Å². The van der Waals surface area contributed by atoms with E-state index in [-0.39, 0.29) is 12.1 Å². The van der Waals surface area contributed by atoms with Gasteiger partial charge in [-0.1, -0.05) is 17.7 Å². The van der Waals surface area contributed by atoms with Crippen LogP contribution in [0.1, 0.15) is 24.4 Å². The van der Waals surface area contributed by atoms with E-state index in [9.17, 15) is 0 Å². The number of halogens is 1. The smallest absolute Gasteiger partial charge is 0.171 e. The zero-order valence-electron chi connectivity index (χ0n) is 10.4. The van der Waals surface area contributed by atoms with Crippen molar-refractivity contribution in [1.82, 2.24) is 0 Å². The van der Waals surface area contributed by atoms with Gasteiger partial charge < -0.3 is 14.9 Å². The third kappa shape index (κ3) is 2.86. The number of furan rings is 1. The molecule has 0 bridgehead atoms. The molecule has 4 heteroatoms. The molecule has 0 aliphatic rings. The predicted octanol–water partition coefficient (Wildman–Crippen LogP) is 3.71. The second-order valence-electron chi connectivity index (χ2n) is 4.32. The van der Waals surface area contributed by atoms with Crippen LogP contribution in [0.15, 0.2) is 41.0 Å². The van der Waals surface area contributed by atoms with E-state index >= 15 is 0 Å². The van der Waals surface area contributed by atoms with Crippen molar-refractivity contribution in [2.24, 2.45) is 5.73 Å². The Hall–Kier alpha value is -1.45. The molecule has 0 aliphatic heterocycles. The summed E-state index contributed by atoms with van der Waals surface area (Å²) in [7, 11) is 0. The summed E-state index contributed by atoms with van der Waals surface area (Å²) < 4.78 is 11.3. The number of rotatable bonds is 4. The molecule has 1 aromatic carbocycles. The highest BCUT2D eigenvalue weighted by molar-refractivity contribution is 6.30. The van der Waals surface area contributed by atoms with Crippen LogP contribution in [0.2, 0.25) is 5.02 Å². The highest BCUT2D eigenvalue weighted by Crippen LogP contribution is 2.29. The van der Waals surface area contributed by atoms with Crippen LogP contribution in [0.3, 0.4) is 0 Å². The van der Waals surface area contributed by atoms with Crippen molar-refractivity contribution in [1.29, 1.82) is 0 Å². The number of ether oxygens (including phenoxy) is 1. The van der Waals surface area contributed by atoms with Crippen molar-refractivity contribution in [3.05, 3.63) is 52.9 Å². The summed E-state index contributed by atoms with van der Waals surface area (Å²) in [6.45, 7) is 3.85. The van der Waals surface area contributed by atoms with E-state index in [0.717, 1.165) is 11.3 Å². The molecule has 0 amide bonds. The summed E-state index contributed by atoms with van der Waals surface area (Å²) >= 11 is 5.97. The molecular formula is C14H16ClNO2. The number of hydrogen-bond acceptors (Lipinski definition) is 3. The van der Waals surface area contributed by atoms with Crippen LogP contribution in [0.5, 0.6) is 5.75 Å². The molecule has 96 valence electrons. The maximum absolute atomic E-state index is 5.97. The number of benzene rings is 1. The third-order valence-electron chi connectivity index (χ3n) is 2.71. The van der Waals surface area contributed by atoms with E-state index in [1.54, 1.807) is 12.3 Å². The Balaban J connectivity index is 2.27. The van der Waals surface area contributed by atoms with Gasteiger partial charge in [0.15, 0.2) is 6.10 Å². The van der Waals surface area contributed by atoms with Gasteiger partial charge in [0, 0.05) is 11.1 Å². The molecule has 1 heterocycles.